The highest BCUT2D eigenvalue weighted by molar-refractivity contribution is 5.92. The third kappa shape index (κ3) is 3.47. The van der Waals surface area contributed by atoms with Crippen LogP contribution in [0.25, 0.3) is 0 Å². The van der Waals surface area contributed by atoms with E-state index in [0.29, 0.717) is 23.3 Å². The highest BCUT2D eigenvalue weighted by atomic mass is 16.6. The van der Waals surface area contributed by atoms with Crippen LogP contribution in [0.5, 0.6) is 0 Å². The number of nitro benzene ring substituents is 1. The average molecular weight is 453 g/mol. The molecule has 6 atom stereocenters. The molecule has 1 aromatic rings. The Morgan fingerprint density at radius 2 is 1.82 bits per heavy atom. The third-order valence-electron chi connectivity index (χ3n) is 9.51. The van der Waals surface area contributed by atoms with Crippen molar-refractivity contribution in [3.8, 4) is 0 Å². The molecule has 3 saturated carbocycles. The number of rotatable bonds is 3. The van der Waals surface area contributed by atoms with Gasteiger partial charge in [-0.15, -0.1) is 0 Å². The molecule has 7 heteroatoms. The molecule has 0 amide bonds. The van der Waals surface area contributed by atoms with Gasteiger partial charge in [0.2, 0.25) is 0 Å². The maximum atomic E-state index is 12.6. The minimum Gasteiger partial charge on any atom is -0.458 e. The molecule has 0 spiro atoms. The summed E-state index contributed by atoms with van der Waals surface area (Å²) in [4.78, 5) is 23.0. The van der Waals surface area contributed by atoms with Crippen LogP contribution < -0.4 is 0 Å². The van der Waals surface area contributed by atoms with Crippen molar-refractivity contribution in [3.05, 3.63) is 51.6 Å². The van der Waals surface area contributed by atoms with Gasteiger partial charge < -0.3 is 9.94 Å². The van der Waals surface area contributed by atoms with E-state index in [9.17, 15) is 20.1 Å². The summed E-state index contributed by atoms with van der Waals surface area (Å²) in [6, 6.07) is 5.60. The van der Waals surface area contributed by atoms with Crippen molar-refractivity contribution in [2.24, 2.45) is 33.7 Å². The van der Waals surface area contributed by atoms with E-state index >= 15 is 0 Å². The first-order valence-electron chi connectivity index (χ1n) is 12.1. The Balaban J connectivity index is 1.29. The number of carbonyl (C=O) groups excluding carboxylic acids is 1. The maximum absolute atomic E-state index is 12.6. The van der Waals surface area contributed by atoms with Gasteiger partial charge in [0.25, 0.3) is 5.69 Å². The molecule has 0 unspecified atom stereocenters. The third-order valence-corrected chi connectivity index (χ3v) is 9.51. The van der Waals surface area contributed by atoms with E-state index in [1.807, 2.05) is 0 Å². The van der Waals surface area contributed by atoms with Gasteiger partial charge in [-0.3, -0.25) is 10.1 Å². The quantitative estimate of drug-likeness (QED) is 0.202. The van der Waals surface area contributed by atoms with Crippen LogP contribution in [-0.2, 0) is 4.74 Å². The predicted molar refractivity (Wildman–Crippen MR) is 123 cm³/mol. The fraction of sp³-hybridized carbons (Fsp3) is 0.615. The fourth-order valence-electron chi connectivity index (χ4n) is 7.62. The summed E-state index contributed by atoms with van der Waals surface area (Å²) < 4.78 is 5.83. The van der Waals surface area contributed by atoms with Gasteiger partial charge >= 0.3 is 5.97 Å². The summed E-state index contributed by atoms with van der Waals surface area (Å²) in [7, 11) is 0. The fourth-order valence-corrected chi connectivity index (χ4v) is 7.62. The Bertz CT molecular complexity index is 1030. The van der Waals surface area contributed by atoms with E-state index in [-0.39, 0.29) is 22.6 Å². The van der Waals surface area contributed by atoms with Crippen molar-refractivity contribution in [2.45, 2.75) is 71.3 Å². The summed E-state index contributed by atoms with van der Waals surface area (Å²) >= 11 is 0. The van der Waals surface area contributed by atoms with Crippen LogP contribution in [0.1, 0.15) is 75.6 Å². The molecule has 33 heavy (non-hydrogen) atoms. The number of non-ortho nitro benzene ring substituents is 1. The Kier molecular flexibility index (Phi) is 5.33. The molecule has 4 aliphatic rings. The van der Waals surface area contributed by atoms with Crippen molar-refractivity contribution < 1.29 is 19.7 Å². The predicted octanol–water partition coefficient (Wildman–Crippen LogP) is 5.91. The normalized spacial score (nSPS) is 38.6. The lowest BCUT2D eigenvalue weighted by molar-refractivity contribution is -0.384. The van der Waals surface area contributed by atoms with Gasteiger partial charge in [-0.25, -0.2) is 4.79 Å². The SMILES string of the molecule is C[C@]12CC[C@H](OC(=O)c3ccc([N+](=O)[O-])cc3)CC1=CC[C@@H]1[C@@H]2CC[C@]2(C)/C(=N\O)CC[C@@H]12. The molecule has 5 rings (SSSR count). The molecule has 0 bridgehead atoms. The lowest BCUT2D eigenvalue weighted by Crippen LogP contribution is -2.50. The molecule has 1 aromatic carbocycles. The zero-order valence-corrected chi connectivity index (χ0v) is 19.3. The van der Waals surface area contributed by atoms with E-state index in [1.165, 1.54) is 29.8 Å². The van der Waals surface area contributed by atoms with Crippen molar-refractivity contribution >= 4 is 17.4 Å². The standard InChI is InChI=1S/C26H32N2O5/c1-25-13-11-19(33-24(29)16-3-6-18(7-4-16)28(31)32)15-17(25)5-8-20-21-9-10-23(27-30)26(21,2)14-12-22(20)25/h3-7,19-22,30H,8-15H2,1-2H3/b27-23-/t19-,20-,21-,22-,25-,26-/m0/s1. The number of hydrogen-bond donors (Lipinski definition) is 1. The average Bonchev–Trinajstić information content (AvgIpc) is 3.15. The van der Waals surface area contributed by atoms with Gasteiger partial charge in [-0.1, -0.05) is 30.7 Å². The highest BCUT2D eigenvalue weighted by Crippen LogP contribution is 2.64. The van der Waals surface area contributed by atoms with Crippen molar-refractivity contribution in [2.75, 3.05) is 0 Å². The number of oxime groups is 1. The van der Waals surface area contributed by atoms with E-state index in [1.54, 1.807) is 0 Å². The van der Waals surface area contributed by atoms with Crippen LogP contribution in [0, 0.1) is 38.7 Å². The second kappa shape index (κ2) is 7.96. The molecule has 7 nitrogen and oxygen atoms in total. The molecule has 4 aliphatic carbocycles. The van der Waals surface area contributed by atoms with Crippen molar-refractivity contribution in [1.82, 2.24) is 0 Å². The second-order valence-corrected chi connectivity index (χ2v) is 10.9. The number of nitro groups is 1. The van der Waals surface area contributed by atoms with Crippen molar-refractivity contribution in [3.63, 3.8) is 0 Å². The first-order valence-corrected chi connectivity index (χ1v) is 12.1. The molecular formula is C26H32N2O5. The van der Waals surface area contributed by atoms with Gasteiger partial charge in [0, 0.05) is 24.0 Å². The number of fused-ring (bicyclic) bond motifs is 5. The van der Waals surface area contributed by atoms with Crippen LogP contribution in [0.15, 0.2) is 41.1 Å². The minimum atomic E-state index is -0.475. The smallest absolute Gasteiger partial charge is 0.338 e. The summed E-state index contributed by atoms with van der Waals surface area (Å²) in [6.45, 7) is 4.70. The number of nitrogens with zero attached hydrogens (tertiary/aromatic N) is 2. The molecule has 0 heterocycles. The van der Waals surface area contributed by atoms with E-state index in [0.717, 1.165) is 57.1 Å². The summed E-state index contributed by atoms with van der Waals surface area (Å²) in [5, 5.41) is 24.0. The Morgan fingerprint density at radius 1 is 1.12 bits per heavy atom. The topological polar surface area (TPSA) is 102 Å². The number of hydrogen-bond acceptors (Lipinski definition) is 6. The molecule has 176 valence electrons. The van der Waals surface area contributed by atoms with Crippen LogP contribution in [0.4, 0.5) is 5.69 Å². The lowest BCUT2D eigenvalue weighted by Gasteiger charge is -2.57. The zero-order chi connectivity index (χ0) is 23.4. The summed E-state index contributed by atoms with van der Waals surface area (Å²) in [5.41, 5.74) is 2.90. The molecule has 0 aromatic heterocycles. The van der Waals surface area contributed by atoms with E-state index in [2.05, 4.69) is 25.1 Å². The zero-order valence-electron chi connectivity index (χ0n) is 19.3. The largest absolute Gasteiger partial charge is 0.458 e. The van der Waals surface area contributed by atoms with Gasteiger partial charge in [0.15, 0.2) is 0 Å². The molecule has 0 aliphatic heterocycles. The van der Waals surface area contributed by atoms with Crippen LogP contribution in [-0.4, -0.2) is 27.9 Å². The Hall–Kier alpha value is -2.70. The monoisotopic (exact) mass is 452 g/mol. The van der Waals surface area contributed by atoms with Crippen molar-refractivity contribution in [1.29, 1.82) is 0 Å². The first-order chi connectivity index (χ1) is 15.8. The van der Waals surface area contributed by atoms with E-state index in [4.69, 9.17) is 4.74 Å². The van der Waals surface area contributed by atoms with Crippen LogP contribution >= 0.6 is 0 Å². The molecule has 1 N–H and O–H groups in total. The number of ether oxygens (including phenoxy) is 1. The number of carbonyl (C=O) groups is 1. The van der Waals surface area contributed by atoms with Crippen LogP contribution in [0.2, 0.25) is 0 Å². The second-order valence-electron chi connectivity index (χ2n) is 10.9. The van der Waals surface area contributed by atoms with Crippen LogP contribution in [0.3, 0.4) is 0 Å². The number of benzene rings is 1. The molecule has 0 radical (unpaired) electrons. The summed E-state index contributed by atoms with van der Waals surface area (Å²) in [5.74, 6) is 1.41. The molecule has 0 saturated heterocycles. The number of allylic oxidation sites excluding steroid dienone is 1. The maximum Gasteiger partial charge on any atom is 0.338 e. The first kappa shape index (κ1) is 22.1. The van der Waals surface area contributed by atoms with E-state index < -0.39 is 10.9 Å². The van der Waals surface area contributed by atoms with Gasteiger partial charge in [-0.2, -0.15) is 0 Å². The van der Waals surface area contributed by atoms with Gasteiger partial charge in [0.1, 0.15) is 6.10 Å². The minimum absolute atomic E-state index is 0.0368. The Labute approximate surface area is 194 Å². The highest BCUT2D eigenvalue weighted by Gasteiger charge is 2.58. The Morgan fingerprint density at radius 3 is 2.52 bits per heavy atom. The molecular weight excluding hydrogens is 420 g/mol. The van der Waals surface area contributed by atoms with Gasteiger partial charge in [-0.05, 0) is 80.2 Å². The molecule has 3 fully saturated rings. The van der Waals surface area contributed by atoms with Gasteiger partial charge in [0.05, 0.1) is 16.2 Å². The number of esters is 1. The lowest BCUT2D eigenvalue weighted by atomic mass is 9.48. The summed E-state index contributed by atoms with van der Waals surface area (Å²) in [6.07, 6.45) is 10.2.